The number of H-pyrrole nitrogens is 1. The van der Waals surface area contributed by atoms with Gasteiger partial charge in [0.25, 0.3) is 0 Å². The van der Waals surface area contributed by atoms with Gasteiger partial charge in [0.1, 0.15) is 5.82 Å². The van der Waals surface area contributed by atoms with Gasteiger partial charge in [0.05, 0.1) is 17.1 Å². The first-order valence-electron chi connectivity index (χ1n) is 4.21. The zero-order valence-electron chi connectivity index (χ0n) is 7.09. The van der Waals surface area contributed by atoms with Crippen LogP contribution >= 0.6 is 0 Å². The smallest absolute Gasteiger partial charge is 0.106 e. The second-order valence-corrected chi connectivity index (χ2v) is 4.58. The number of imidazole rings is 1. The Bertz CT molecular complexity index is 319. The van der Waals surface area contributed by atoms with Crippen LogP contribution in [-0.2, 0) is 29.4 Å². The third-order valence-corrected chi connectivity index (χ3v) is 3.39. The third-order valence-electron chi connectivity index (χ3n) is 2.12. The van der Waals surface area contributed by atoms with Crippen molar-refractivity contribution >= 4 is 10.8 Å². The van der Waals surface area contributed by atoms with Crippen molar-refractivity contribution in [1.82, 2.24) is 9.97 Å². The Balaban J connectivity index is 2.34. The minimum atomic E-state index is -0.661. The van der Waals surface area contributed by atoms with Crippen LogP contribution in [0.3, 0.4) is 0 Å². The summed E-state index contributed by atoms with van der Waals surface area (Å²) in [6.45, 7) is 2.07. The molecule has 0 saturated heterocycles. The van der Waals surface area contributed by atoms with Crippen LogP contribution in [0.15, 0.2) is 0 Å². The average Bonchev–Trinajstić information content (AvgIpc) is 2.46. The van der Waals surface area contributed by atoms with Gasteiger partial charge in [-0.3, -0.25) is 4.21 Å². The Labute approximate surface area is 74.1 Å². The van der Waals surface area contributed by atoms with Crippen molar-refractivity contribution in [3.63, 3.8) is 0 Å². The molecule has 1 aliphatic rings. The van der Waals surface area contributed by atoms with Crippen LogP contribution in [0.2, 0.25) is 0 Å². The van der Waals surface area contributed by atoms with E-state index in [1.165, 1.54) is 0 Å². The van der Waals surface area contributed by atoms with Gasteiger partial charge in [0.2, 0.25) is 0 Å². The Kier molecular flexibility index (Phi) is 2.00. The molecule has 3 nitrogen and oxygen atoms in total. The molecular weight excluding hydrogens is 172 g/mol. The van der Waals surface area contributed by atoms with Gasteiger partial charge in [0, 0.05) is 29.4 Å². The molecule has 0 amide bonds. The van der Waals surface area contributed by atoms with Crippen LogP contribution < -0.4 is 0 Å². The number of hydrogen-bond acceptors (Lipinski definition) is 2. The Hall–Kier alpha value is -0.640. The van der Waals surface area contributed by atoms with Crippen molar-refractivity contribution in [2.75, 3.05) is 5.75 Å². The standard InChI is InChI=1S/C8H12N2OS/c1-2-8-9-6-3-4-12(11)5-7(6)10-8/h2-5H2,1H3,(H,9,10). The average molecular weight is 184 g/mol. The molecule has 1 aromatic rings. The van der Waals surface area contributed by atoms with E-state index >= 15 is 0 Å². The fourth-order valence-corrected chi connectivity index (χ4v) is 2.57. The lowest BCUT2D eigenvalue weighted by molar-refractivity contribution is 0.678. The zero-order valence-corrected chi connectivity index (χ0v) is 7.91. The number of rotatable bonds is 1. The topological polar surface area (TPSA) is 45.8 Å². The predicted octanol–water partition coefficient (Wildman–Crippen LogP) is 0.777. The van der Waals surface area contributed by atoms with Crippen molar-refractivity contribution in [2.24, 2.45) is 0 Å². The molecule has 66 valence electrons. The van der Waals surface area contributed by atoms with Gasteiger partial charge >= 0.3 is 0 Å². The van der Waals surface area contributed by atoms with E-state index in [1.54, 1.807) is 0 Å². The summed E-state index contributed by atoms with van der Waals surface area (Å²) in [5.41, 5.74) is 2.22. The molecule has 1 aromatic heterocycles. The van der Waals surface area contributed by atoms with E-state index in [0.29, 0.717) is 5.75 Å². The maximum Gasteiger partial charge on any atom is 0.106 e. The maximum absolute atomic E-state index is 11.2. The highest BCUT2D eigenvalue weighted by Crippen LogP contribution is 2.15. The lowest BCUT2D eigenvalue weighted by atomic mass is 10.3. The first-order chi connectivity index (χ1) is 5.79. The van der Waals surface area contributed by atoms with E-state index in [4.69, 9.17) is 0 Å². The molecule has 2 rings (SSSR count). The number of hydrogen-bond donors (Lipinski definition) is 1. The second-order valence-electron chi connectivity index (χ2n) is 3.00. The molecule has 1 N–H and O–H groups in total. The number of aryl methyl sites for hydroxylation is 2. The van der Waals surface area contributed by atoms with Gasteiger partial charge in [0.15, 0.2) is 0 Å². The highest BCUT2D eigenvalue weighted by Gasteiger charge is 2.17. The zero-order chi connectivity index (χ0) is 8.55. The highest BCUT2D eigenvalue weighted by atomic mass is 32.2. The highest BCUT2D eigenvalue weighted by molar-refractivity contribution is 7.84. The summed E-state index contributed by atoms with van der Waals surface area (Å²) >= 11 is 0. The van der Waals surface area contributed by atoms with Crippen molar-refractivity contribution in [1.29, 1.82) is 0 Å². The van der Waals surface area contributed by atoms with Gasteiger partial charge in [-0.2, -0.15) is 0 Å². The van der Waals surface area contributed by atoms with E-state index in [-0.39, 0.29) is 0 Å². The molecule has 0 spiro atoms. The quantitative estimate of drug-likeness (QED) is 0.701. The predicted molar refractivity (Wildman–Crippen MR) is 48.4 cm³/mol. The molecule has 2 heterocycles. The summed E-state index contributed by atoms with van der Waals surface area (Å²) in [7, 11) is -0.661. The van der Waals surface area contributed by atoms with Crippen LogP contribution in [0.1, 0.15) is 24.1 Å². The molecule has 0 fully saturated rings. The van der Waals surface area contributed by atoms with Crippen molar-refractivity contribution in [3.05, 3.63) is 17.2 Å². The van der Waals surface area contributed by atoms with Gasteiger partial charge in [-0.15, -0.1) is 0 Å². The Morgan fingerprint density at radius 1 is 1.67 bits per heavy atom. The molecule has 0 aromatic carbocycles. The fourth-order valence-electron chi connectivity index (χ4n) is 1.44. The fraction of sp³-hybridized carbons (Fsp3) is 0.625. The molecule has 0 saturated carbocycles. The van der Waals surface area contributed by atoms with E-state index in [0.717, 1.165) is 35.8 Å². The molecule has 0 bridgehead atoms. The number of aromatic nitrogens is 2. The van der Waals surface area contributed by atoms with Gasteiger partial charge in [-0.1, -0.05) is 6.92 Å². The van der Waals surface area contributed by atoms with E-state index < -0.39 is 10.8 Å². The van der Waals surface area contributed by atoms with Crippen LogP contribution in [0, 0.1) is 0 Å². The summed E-state index contributed by atoms with van der Waals surface area (Å²) in [5, 5.41) is 0. The first kappa shape index (κ1) is 7.98. The summed E-state index contributed by atoms with van der Waals surface area (Å²) in [5.74, 6) is 2.47. The minimum absolute atomic E-state index is 0.661. The molecule has 1 aliphatic heterocycles. The minimum Gasteiger partial charge on any atom is -0.345 e. The van der Waals surface area contributed by atoms with Crippen LogP contribution in [-0.4, -0.2) is 19.9 Å². The molecule has 0 radical (unpaired) electrons. The number of nitrogens with zero attached hydrogens (tertiary/aromatic N) is 1. The molecule has 4 heteroatoms. The third kappa shape index (κ3) is 1.31. The van der Waals surface area contributed by atoms with Crippen LogP contribution in [0.25, 0.3) is 0 Å². The monoisotopic (exact) mass is 184 g/mol. The van der Waals surface area contributed by atoms with E-state index in [1.807, 2.05) is 0 Å². The SMILES string of the molecule is CCc1nc2c([nH]1)CS(=O)CC2. The lowest BCUT2D eigenvalue weighted by Crippen LogP contribution is -2.12. The largest absolute Gasteiger partial charge is 0.345 e. The van der Waals surface area contributed by atoms with E-state index in [9.17, 15) is 4.21 Å². The summed E-state index contributed by atoms with van der Waals surface area (Å²) in [4.78, 5) is 7.62. The van der Waals surface area contributed by atoms with Crippen LogP contribution in [0.4, 0.5) is 0 Å². The number of fused-ring (bicyclic) bond motifs is 1. The van der Waals surface area contributed by atoms with Crippen molar-refractivity contribution < 1.29 is 4.21 Å². The van der Waals surface area contributed by atoms with Gasteiger partial charge < -0.3 is 4.98 Å². The Morgan fingerprint density at radius 3 is 3.25 bits per heavy atom. The number of nitrogens with one attached hydrogen (secondary N) is 1. The Morgan fingerprint density at radius 2 is 2.50 bits per heavy atom. The molecular formula is C8H12N2OS. The van der Waals surface area contributed by atoms with Crippen molar-refractivity contribution in [2.45, 2.75) is 25.5 Å². The molecule has 12 heavy (non-hydrogen) atoms. The molecule has 1 unspecified atom stereocenters. The van der Waals surface area contributed by atoms with Crippen LogP contribution in [0.5, 0.6) is 0 Å². The van der Waals surface area contributed by atoms with Gasteiger partial charge in [-0.05, 0) is 0 Å². The number of aromatic amines is 1. The molecule has 0 aliphatic carbocycles. The van der Waals surface area contributed by atoms with Crippen molar-refractivity contribution in [3.8, 4) is 0 Å². The summed E-state index contributed by atoms with van der Waals surface area (Å²) in [6, 6.07) is 0. The van der Waals surface area contributed by atoms with Gasteiger partial charge in [-0.25, -0.2) is 4.98 Å². The molecule has 1 atom stereocenters. The van der Waals surface area contributed by atoms with E-state index in [2.05, 4.69) is 16.9 Å². The first-order valence-corrected chi connectivity index (χ1v) is 5.70. The lowest BCUT2D eigenvalue weighted by Gasteiger charge is -2.07. The normalized spacial score (nSPS) is 22.2. The summed E-state index contributed by atoms with van der Waals surface area (Å²) in [6.07, 6.45) is 1.80. The summed E-state index contributed by atoms with van der Waals surface area (Å²) < 4.78 is 11.2. The second kappa shape index (κ2) is 3.01. The maximum atomic E-state index is 11.2.